The van der Waals surface area contributed by atoms with E-state index in [1.807, 2.05) is 17.6 Å². The van der Waals surface area contributed by atoms with Crippen LogP contribution in [-0.4, -0.2) is 25.7 Å². The van der Waals surface area contributed by atoms with Crippen LogP contribution in [-0.2, 0) is 6.42 Å². The Hall–Kier alpha value is -1.59. The van der Waals surface area contributed by atoms with Gasteiger partial charge in [-0.25, -0.2) is 4.98 Å². The van der Waals surface area contributed by atoms with Gasteiger partial charge >= 0.3 is 0 Å². The summed E-state index contributed by atoms with van der Waals surface area (Å²) in [6.07, 6.45) is 3.81. The minimum Gasteiger partial charge on any atom is -0.497 e. The van der Waals surface area contributed by atoms with Crippen molar-refractivity contribution in [2.45, 2.75) is 25.8 Å². The van der Waals surface area contributed by atoms with Crippen molar-refractivity contribution in [3.05, 3.63) is 40.3 Å². The molecule has 2 aromatic rings. The van der Waals surface area contributed by atoms with Gasteiger partial charge in [0.25, 0.3) is 0 Å². The van der Waals surface area contributed by atoms with Crippen molar-refractivity contribution in [2.75, 3.05) is 20.8 Å². The molecule has 1 heterocycles. The third-order valence-electron chi connectivity index (χ3n) is 3.28. The number of ether oxygens (including phenoxy) is 2. The molecule has 5 heteroatoms. The highest BCUT2D eigenvalue weighted by Gasteiger charge is 2.15. The van der Waals surface area contributed by atoms with Gasteiger partial charge in [0.1, 0.15) is 11.5 Å². The summed E-state index contributed by atoms with van der Waals surface area (Å²) in [5.41, 5.74) is 1.16. The molecule has 114 valence electrons. The van der Waals surface area contributed by atoms with E-state index >= 15 is 0 Å². The molecule has 0 aliphatic heterocycles. The molecule has 0 saturated heterocycles. The fourth-order valence-corrected chi connectivity index (χ4v) is 2.85. The van der Waals surface area contributed by atoms with Gasteiger partial charge in [0.15, 0.2) is 0 Å². The van der Waals surface area contributed by atoms with Crippen LogP contribution in [0.5, 0.6) is 11.5 Å². The van der Waals surface area contributed by atoms with Gasteiger partial charge in [-0.1, -0.05) is 6.92 Å². The molecule has 0 radical (unpaired) electrons. The van der Waals surface area contributed by atoms with Crippen LogP contribution in [0.1, 0.15) is 30.0 Å². The number of hydrogen-bond acceptors (Lipinski definition) is 5. The molecule has 0 aliphatic carbocycles. The minimum absolute atomic E-state index is 0.208. The largest absolute Gasteiger partial charge is 0.497 e. The highest BCUT2D eigenvalue weighted by Crippen LogP contribution is 2.28. The van der Waals surface area contributed by atoms with Crippen LogP contribution in [0.2, 0.25) is 0 Å². The maximum atomic E-state index is 5.37. The molecule has 2 rings (SSSR count). The third-order valence-corrected chi connectivity index (χ3v) is 4.08. The minimum atomic E-state index is 0.208. The first-order valence-electron chi connectivity index (χ1n) is 7.11. The van der Waals surface area contributed by atoms with Crippen LogP contribution in [0, 0.1) is 0 Å². The van der Waals surface area contributed by atoms with Crippen LogP contribution in [0.25, 0.3) is 0 Å². The van der Waals surface area contributed by atoms with E-state index in [0.29, 0.717) is 0 Å². The average Bonchev–Trinajstić information content (AvgIpc) is 3.03. The molecule has 1 N–H and O–H groups in total. The molecule has 4 nitrogen and oxygen atoms in total. The van der Waals surface area contributed by atoms with E-state index < -0.39 is 0 Å². The zero-order valence-corrected chi connectivity index (χ0v) is 13.6. The standard InChI is InChI=1S/C16H22N2O2S/c1-4-5-17-15(11-16-18-6-7-21-16)12-8-13(19-2)10-14(9-12)20-3/h6-10,15,17H,4-5,11H2,1-3H3. The maximum Gasteiger partial charge on any atom is 0.122 e. The van der Waals surface area contributed by atoms with E-state index in [0.717, 1.165) is 41.5 Å². The first-order chi connectivity index (χ1) is 10.3. The van der Waals surface area contributed by atoms with Crippen LogP contribution in [0.3, 0.4) is 0 Å². The molecule has 21 heavy (non-hydrogen) atoms. The van der Waals surface area contributed by atoms with Crippen molar-refractivity contribution in [1.82, 2.24) is 10.3 Å². The Labute approximate surface area is 130 Å². The molecule has 0 fully saturated rings. The molecule has 0 spiro atoms. The number of nitrogens with zero attached hydrogens (tertiary/aromatic N) is 1. The average molecular weight is 306 g/mol. The van der Waals surface area contributed by atoms with E-state index in [1.165, 1.54) is 0 Å². The third kappa shape index (κ3) is 4.44. The smallest absolute Gasteiger partial charge is 0.122 e. The zero-order chi connectivity index (χ0) is 15.1. The van der Waals surface area contributed by atoms with Crippen LogP contribution in [0.4, 0.5) is 0 Å². The normalized spacial score (nSPS) is 12.1. The lowest BCUT2D eigenvalue weighted by atomic mass is 10.0. The van der Waals surface area contributed by atoms with Crippen LogP contribution < -0.4 is 14.8 Å². The Kier molecular flexibility index (Phi) is 6.02. The predicted octanol–water partition coefficient (Wildman–Crippen LogP) is 3.44. The molecule has 0 amide bonds. The van der Waals surface area contributed by atoms with E-state index in [4.69, 9.17) is 9.47 Å². The number of nitrogens with one attached hydrogen (secondary N) is 1. The van der Waals surface area contributed by atoms with Gasteiger partial charge in [-0.2, -0.15) is 0 Å². The molecular weight excluding hydrogens is 284 g/mol. The molecule has 1 unspecified atom stereocenters. The monoisotopic (exact) mass is 306 g/mol. The first kappa shape index (κ1) is 15.8. The quantitative estimate of drug-likeness (QED) is 0.811. The second kappa shape index (κ2) is 8.00. The number of methoxy groups -OCH3 is 2. The van der Waals surface area contributed by atoms with Gasteiger partial charge in [0.05, 0.1) is 19.2 Å². The van der Waals surface area contributed by atoms with E-state index in [1.54, 1.807) is 25.6 Å². The molecule has 1 aromatic carbocycles. The van der Waals surface area contributed by atoms with Crippen molar-refractivity contribution in [3.63, 3.8) is 0 Å². The number of benzene rings is 1. The lowest BCUT2D eigenvalue weighted by Gasteiger charge is -2.19. The van der Waals surface area contributed by atoms with Crippen molar-refractivity contribution in [1.29, 1.82) is 0 Å². The summed E-state index contributed by atoms with van der Waals surface area (Å²) in [6.45, 7) is 3.13. The highest BCUT2D eigenvalue weighted by atomic mass is 32.1. The second-order valence-corrected chi connectivity index (χ2v) is 5.76. The van der Waals surface area contributed by atoms with Crippen molar-refractivity contribution < 1.29 is 9.47 Å². The van der Waals surface area contributed by atoms with E-state index in [2.05, 4.69) is 29.4 Å². The fourth-order valence-electron chi connectivity index (χ4n) is 2.19. The van der Waals surface area contributed by atoms with Gasteiger partial charge in [-0.05, 0) is 30.7 Å². The Bertz CT molecular complexity index is 521. The van der Waals surface area contributed by atoms with Gasteiger partial charge in [-0.3, -0.25) is 0 Å². The summed E-state index contributed by atoms with van der Waals surface area (Å²) < 4.78 is 10.7. The van der Waals surface area contributed by atoms with Gasteiger partial charge in [0.2, 0.25) is 0 Å². The van der Waals surface area contributed by atoms with Crippen molar-refractivity contribution in [2.24, 2.45) is 0 Å². The number of rotatable bonds is 8. The summed E-state index contributed by atoms with van der Waals surface area (Å²) in [6, 6.07) is 6.22. The van der Waals surface area contributed by atoms with Gasteiger partial charge in [-0.15, -0.1) is 11.3 Å². The lowest BCUT2D eigenvalue weighted by molar-refractivity contribution is 0.391. The van der Waals surface area contributed by atoms with Crippen molar-refractivity contribution in [3.8, 4) is 11.5 Å². The number of aromatic nitrogens is 1. The Morgan fingerprint density at radius 2 is 1.90 bits per heavy atom. The van der Waals surface area contributed by atoms with Crippen LogP contribution in [0.15, 0.2) is 29.8 Å². The highest BCUT2D eigenvalue weighted by molar-refractivity contribution is 7.09. The van der Waals surface area contributed by atoms with Gasteiger partial charge < -0.3 is 14.8 Å². The first-order valence-corrected chi connectivity index (χ1v) is 7.99. The number of thiazole rings is 1. The molecule has 1 atom stereocenters. The lowest BCUT2D eigenvalue weighted by Crippen LogP contribution is -2.24. The van der Waals surface area contributed by atoms with Crippen LogP contribution >= 0.6 is 11.3 Å². The molecule has 0 saturated carbocycles. The molecule has 1 aromatic heterocycles. The maximum absolute atomic E-state index is 5.37. The second-order valence-electron chi connectivity index (χ2n) is 4.78. The molecule has 0 bridgehead atoms. The SMILES string of the molecule is CCCNC(Cc1nccs1)c1cc(OC)cc(OC)c1. The Balaban J connectivity index is 2.25. The number of hydrogen-bond donors (Lipinski definition) is 1. The summed E-state index contributed by atoms with van der Waals surface area (Å²) in [5.74, 6) is 1.62. The fraction of sp³-hybridized carbons (Fsp3) is 0.438. The topological polar surface area (TPSA) is 43.4 Å². The van der Waals surface area contributed by atoms with E-state index in [-0.39, 0.29) is 6.04 Å². The van der Waals surface area contributed by atoms with Gasteiger partial charge in [0, 0.05) is 30.1 Å². The van der Waals surface area contributed by atoms with Crippen molar-refractivity contribution >= 4 is 11.3 Å². The predicted molar refractivity (Wildman–Crippen MR) is 86.4 cm³/mol. The Morgan fingerprint density at radius 1 is 1.19 bits per heavy atom. The summed E-state index contributed by atoms with van der Waals surface area (Å²) >= 11 is 1.69. The zero-order valence-electron chi connectivity index (χ0n) is 12.8. The molecule has 0 aliphatic rings. The summed E-state index contributed by atoms with van der Waals surface area (Å²) in [4.78, 5) is 4.39. The molecular formula is C16H22N2O2S. The van der Waals surface area contributed by atoms with E-state index in [9.17, 15) is 0 Å². The summed E-state index contributed by atoms with van der Waals surface area (Å²) in [5, 5.41) is 6.72. The summed E-state index contributed by atoms with van der Waals surface area (Å²) in [7, 11) is 3.35. The Morgan fingerprint density at radius 3 is 2.43 bits per heavy atom.